The van der Waals surface area contributed by atoms with Gasteiger partial charge >= 0.3 is 0 Å². The maximum absolute atomic E-state index is 12.3. The SMILES string of the molecule is COc1cccc(NCC(=O)Cc2ccc3ccccc3c2Cl)c1. The molecular weight excluding hydrogens is 322 g/mol. The summed E-state index contributed by atoms with van der Waals surface area (Å²) in [6, 6.07) is 19.3. The third kappa shape index (κ3) is 3.69. The van der Waals surface area contributed by atoms with E-state index >= 15 is 0 Å². The lowest BCUT2D eigenvalue weighted by molar-refractivity contribution is -0.116. The van der Waals surface area contributed by atoms with Crippen LogP contribution in [0.4, 0.5) is 5.69 Å². The van der Waals surface area contributed by atoms with Gasteiger partial charge in [-0.25, -0.2) is 0 Å². The molecule has 0 saturated heterocycles. The third-order valence-electron chi connectivity index (χ3n) is 3.89. The van der Waals surface area contributed by atoms with Gasteiger partial charge in [0.1, 0.15) is 5.75 Å². The van der Waals surface area contributed by atoms with E-state index in [-0.39, 0.29) is 12.3 Å². The van der Waals surface area contributed by atoms with Gasteiger partial charge in [-0.15, -0.1) is 0 Å². The predicted octanol–water partition coefficient (Wildman–Crippen LogP) is 4.73. The van der Waals surface area contributed by atoms with E-state index in [0.29, 0.717) is 11.4 Å². The van der Waals surface area contributed by atoms with E-state index in [2.05, 4.69) is 5.32 Å². The van der Waals surface area contributed by atoms with Gasteiger partial charge in [-0.05, 0) is 23.1 Å². The molecule has 0 aromatic heterocycles. The summed E-state index contributed by atoms with van der Waals surface area (Å²) >= 11 is 6.45. The average Bonchev–Trinajstić information content (AvgIpc) is 2.63. The van der Waals surface area contributed by atoms with Crippen LogP contribution in [-0.4, -0.2) is 19.4 Å². The zero-order valence-corrected chi connectivity index (χ0v) is 14.1. The molecule has 3 aromatic rings. The summed E-state index contributed by atoms with van der Waals surface area (Å²) in [5.74, 6) is 0.833. The first kappa shape index (κ1) is 16.3. The third-order valence-corrected chi connectivity index (χ3v) is 4.34. The maximum atomic E-state index is 12.3. The second-order valence-corrected chi connectivity index (χ2v) is 5.94. The van der Waals surface area contributed by atoms with Crippen molar-refractivity contribution in [3.8, 4) is 5.75 Å². The van der Waals surface area contributed by atoms with Gasteiger partial charge in [0.2, 0.25) is 0 Å². The van der Waals surface area contributed by atoms with E-state index in [9.17, 15) is 4.79 Å². The van der Waals surface area contributed by atoms with E-state index in [1.54, 1.807) is 7.11 Å². The first-order chi connectivity index (χ1) is 11.7. The first-order valence-electron chi connectivity index (χ1n) is 7.73. The van der Waals surface area contributed by atoms with E-state index in [0.717, 1.165) is 27.8 Å². The summed E-state index contributed by atoms with van der Waals surface area (Å²) in [7, 11) is 1.62. The number of carbonyl (C=O) groups is 1. The molecule has 0 spiro atoms. The summed E-state index contributed by atoms with van der Waals surface area (Å²) in [6.45, 7) is 0.246. The van der Waals surface area contributed by atoms with Crippen LogP contribution in [0.25, 0.3) is 10.8 Å². The molecule has 0 aliphatic carbocycles. The lowest BCUT2D eigenvalue weighted by Gasteiger charge is -2.09. The van der Waals surface area contributed by atoms with Gasteiger partial charge in [0.15, 0.2) is 5.78 Å². The normalized spacial score (nSPS) is 10.6. The van der Waals surface area contributed by atoms with E-state index in [1.165, 1.54) is 0 Å². The molecule has 0 aliphatic rings. The lowest BCUT2D eigenvalue weighted by atomic mass is 10.0. The van der Waals surface area contributed by atoms with E-state index in [1.807, 2.05) is 60.7 Å². The summed E-state index contributed by atoms with van der Waals surface area (Å²) in [4.78, 5) is 12.3. The Balaban J connectivity index is 1.67. The van der Waals surface area contributed by atoms with Crippen LogP contribution in [0.3, 0.4) is 0 Å². The minimum absolute atomic E-state index is 0.0787. The van der Waals surface area contributed by atoms with Crippen molar-refractivity contribution in [1.82, 2.24) is 0 Å². The van der Waals surface area contributed by atoms with Gasteiger partial charge in [-0.1, -0.05) is 54.1 Å². The molecule has 122 valence electrons. The molecule has 0 bridgehead atoms. The van der Waals surface area contributed by atoms with Gasteiger partial charge in [0, 0.05) is 23.6 Å². The van der Waals surface area contributed by atoms with Crippen LogP contribution in [-0.2, 0) is 11.2 Å². The van der Waals surface area contributed by atoms with E-state index in [4.69, 9.17) is 16.3 Å². The molecule has 0 fully saturated rings. The highest BCUT2D eigenvalue weighted by Gasteiger charge is 2.10. The number of ketones is 1. The van der Waals surface area contributed by atoms with Gasteiger partial charge in [0.25, 0.3) is 0 Å². The predicted molar refractivity (Wildman–Crippen MR) is 99.2 cm³/mol. The molecule has 0 radical (unpaired) electrons. The number of rotatable bonds is 6. The standard InChI is InChI=1S/C20H18ClNO2/c1-24-18-7-4-6-16(12-18)22-13-17(23)11-15-10-9-14-5-2-3-8-19(14)20(15)21/h2-10,12,22H,11,13H2,1H3. The molecule has 1 N–H and O–H groups in total. The number of halogens is 1. The molecule has 3 nitrogen and oxygen atoms in total. The van der Waals surface area contributed by atoms with Crippen molar-refractivity contribution in [1.29, 1.82) is 0 Å². The number of carbonyl (C=O) groups excluding carboxylic acids is 1. The molecule has 0 atom stereocenters. The van der Waals surface area contributed by atoms with Crippen molar-refractivity contribution < 1.29 is 9.53 Å². The Morgan fingerprint density at radius 3 is 2.75 bits per heavy atom. The van der Waals surface area contributed by atoms with Gasteiger partial charge in [-0.2, -0.15) is 0 Å². The summed E-state index contributed by atoms with van der Waals surface area (Å²) in [5.41, 5.74) is 1.71. The zero-order chi connectivity index (χ0) is 16.9. The minimum Gasteiger partial charge on any atom is -0.497 e. The second kappa shape index (κ2) is 7.37. The number of hydrogen-bond donors (Lipinski definition) is 1. The number of anilines is 1. The number of ether oxygens (including phenoxy) is 1. The van der Waals surface area contributed by atoms with Crippen LogP contribution in [0.2, 0.25) is 5.02 Å². The molecule has 24 heavy (non-hydrogen) atoms. The Morgan fingerprint density at radius 1 is 1.08 bits per heavy atom. The Bertz CT molecular complexity index is 876. The number of hydrogen-bond acceptors (Lipinski definition) is 3. The Hall–Kier alpha value is -2.52. The fourth-order valence-corrected chi connectivity index (χ4v) is 2.93. The highest BCUT2D eigenvalue weighted by atomic mass is 35.5. The Kier molecular flexibility index (Phi) is 5.02. The van der Waals surface area contributed by atoms with Crippen LogP contribution in [0.15, 0.2) is 60.7 Å². The monoisotopic (exact) mass is 339 g/mol. The number of methoxy groups -OCH3 is 1. The number of Topliss-reactive ketones (excluding diaryl/α,β-unsaturated/α-hetero) is 1. The van der Waals surface area contributed by atoms with Crippen molar-refractivity contribution in [2.24, 2.45) is 0 Å². The summed E-state index contributed by atoms with van der Waals surface area (Å²) < 4.78 is 5.17. The molecule has 0 amide bonds. The van der Waals surface area contributed by atoms with Crippen molar-refractivity contribution in [3.05, 3.63) is 71.2 Å². The fourth-order valence-electron chi connectivity index (χ4n) is 2.62. The Labute approximate surface area is 146 Å². The fraction of sp³-hybridized carbons (Fsp3) is 0.150. The largest absolute Gasteiger partial charge is 0.497 e. The van der Waals surface area contributed by atoms with Gasteiger partial charge in [0.05, 0.1) is 18.7 Å². The van der Waals surface area contributed by atoms with Gasteiger partial charge < -0.3 is 10.1 Å². The maximum Gasteiger partial charge on any atom is 0.156 e. The van der Waals surface area contributed by atoms with Gasteiger partial charge in [-0.3, -0.25) is 4.79 Å². The Morgan fingerprint density at radius 2 is 1.92 bits per heavy atom. The lowest BCUT2D eigenvalue weighted by Crippen LogP contribution is -2.16. The highest BCUT2D eigenvalue weighted by Crippen LogP contribution is 2.27. The van der Waals surface area contributed by atoms with Crippen molar-refractivity contribution >= 4 is 33.8 Å². The molecule has 0 heterocycles. The molecule has 3 aromatic carbocycles. The zero-order valence-electron chi connectivity index (χ0n) is 13.4. The van der Waals surface area contributed by atoms with Crippen LogP contribution in [0, 0.1) is 0 Å². The number of benzene rings is 3. The minimum atomic E-state index is 0.0787. The summed E-state index contributed by atoms with van der Waals surface area (Å²) in [5, 5.41) is 5.83. The molecular formula is C20H18ClNO2. The molecule has 0 saturated carbocycles. The summed E-state index contributed by atoms with van der Waals surface area (Å²) in [6.07, 6.45) is 0.306. The molecule has 3 rings (SSSR count). The highest BCUT2D eigenvalue weighted by molar-refractivity contribution is 6.36. The van der Waals surface area contributed by atoms with Crippen LogP contribution < -0.4 is 10.1 Å². The quantitative estimate of drug-likeness (QED) is 0.705. The van der Waals surface area contributed by atoms with Crippen LogP contribution in [0.1, 0.15) is 5.56 Å². The molecule has 4 heteroatoms. The number of fused-ring (bicyclic) bond motifs is 1. The topological polar surface area (TPSA) is 38.3 Å². The van der Waals surface area contributed by atoms with Crippen molar-refractivity contribution in [2.45, 2.75) is 6.42 Å². The van der Waals surface area contributed by atoms with Crippen LogP contribution in [0.5, 0.6) is 5.75 Å². The van der Waals surface area contributed by atoms with Crippen molar-refractivity contribution in [2.75, 3.05) is 19.0 Å². The average molecular weight is 340 g/mol. The van der Waals surface area contributed by atoms with Crippen molar-refractivity contribution in [3.63, 3.8) is 0 Å². The van der Waals surface area contributed by atoms with Crippen LogP contribution >= 0.6 is 11.6 Å². The molecule has 0 aliphatic heterocycles. The second-order valence-electron chi connectivity index (χ2n) is 5.56. The first-order valence-corrected chi connectivity index (χ1v) is 8.11. The van der Waals surface area contributed by atoms with E-state index < -0.39 is 0 Å². The smallest absolute Gasteiger partial charge is 0.156 e. The molecule has 0 unspecified atom stereocenters. The number of nitrogens with one attached hydrogen (secondary N) is 1.